The minimum absolute atomic E-state index is 0.208. The van der Waals surface area contributed by atoms with Crippen LogP contribution in [0.3, 0.4) is 0 Å². The van der Waals surface area contributed by atoms with Gasteiger partial charge in [-0.2, -0.15) is 0 Å². The predicted octanol–water partition coefficient (Wildman–Crippen LogP) is 4.85. The van der Waals surface area contributed by atoms with Crippen molar-refractivity contribution in [2.75, 3.05) is 0 Å². The molecular formula is C21H19O3S+. The second kappa shape index (κ2) is 6.45. The summed E-state index contributed by atoms with van der Waals surface area (Å²) in [6, 6.07) is 16.0. The van der Waals surface area contributed by atoms with Gasteiger partial charge in [0.05, 0.1) is 0 Å². The monoisotopic (exact) mass is 351 g/mol. The molecule has 1 aliphatic heterocycles. The molecule has 0 aromatic heterocycles. The average molecular weight is 351 g/mol. The van der Waals surface area contributed by atoms with E-state index in [1.807, 2.05) is 36.4 Å². The molecule has 0 spiro atoms. The van der Waals surface area contributed by atoms with Gasteiger partial charge in [-0.1, -0.05) is 25.1 Å². The molecule has 126 valence electrons. The summed E-state index contributed by atoms with van der Waals surface area (Å²) in [6.45, 7) is 3.62. The molecule has 0 radical (unpaired) electrons. The number of benzene rings is 2. The highest BCUT2D eigenvalue weighted by molar-refractivity contribution is 8.01. The molecule has 4 rings (SSSR count). The Hall–Kier alpha value is -2.46. The number of ether oxygens (including phenoxy) is 2. The molecule has 0 bridgehead atoms. The second-order valence-corrected chi connectivity index (χ2v) is 8.21. The van der Waals surface area contributed by atoms with Crippen LogP contribution in [0.25, 0.3) is 0 Å². The van der Waals surface area contributed by atoms with Crippen molar-refractivity contribution >= 4 is 16.9 Å². The van der Waals surface area contributed by atoms with Crippen molar-refractivity contribution < 1.29 is 14.3 Å². The molecule has 0 fully saturated rings. The predicted molar refractivity (Wildman–Crippen MR) is 98.7 cm³/mol. The molecule has 3 nitrogen and oxygen atoms in total. The molecule has 0 saturated carbocycles. The van der Waals surface area contributed by atoms with E-state index in [-0.39, 0.29) is 16.9 Å². The molecule has 0 amide bonds. The zero-order valence-electron chi connectivity index (χ0n) is 14.2. The quantitative estimate of drug-likeness (QED) is 0.441. The number of allylic oxidation sites excluding steroid dienone is 3. The number of esters is 1. The van der Waals surface area contributed by atoms with Gasteiger partial charge in [0.2, 0.25) is 9.80 Å². The first kappa shape index (κ1) is 16.0. The first-order valence-corrected chi connectivity index (χ1v) is 9.55. The first-order chi connectivity index (χ1) is 12.1. The molecule has 25 heavy (non-hydrogen) atoms. The highest BCUT2D eigenvalue weighted by Gasteiger charge is 2.41. The molecule has 2 atom stereocenters. The third kappa shape index (κ3) is 3.10. The fourth-order valence-corrected chi connectivity index (χ4v) is 5.34. The van der Waals surface area contributed by atoms with Gasteiger partial charge in [-0.15, -0.1) is 0 Å². The fraction of sp³-hybridized carbons (Fsp3) is 0.190. The molecule has 1 aliphatic carbocycles. The summed E-state index contributed by atoms with van der Waals surface area (Å²) in [6.07, 6.45) is 5.39. The second-order valence-electron chi connectivity index (χ2n) is 6.25. The van der Waals surface area contributed by atoms with Crippen LogP contribution >= 0.6 is 0 Å². The van der Waals surface area contributed by atoms with Gasteiger partial charge in [0.15, 0.2) is 16.4 Å². The summed E-state index contributed by atoms with van der Waals surface area (Å²) in [5.41, 5.74) is 0. The van der Waals surface area contributed by atoms with Crippen molar-refractivity contribution in [1.29, 1.82) is 0 Å². The van der Waals surface area contributed by atoms with Crippen molar-refractivity contribution in [2.24, 2.45) is 5.92 Å². The minimum Gasteiger partial charge on any atom is -0.451 e. The average Bonchev–Trinajstić information content (AvgIpc) is 2.60. The number of hydrogen-bond acceptors (Lipinski definition) is 3. The minimum atomic E-state index is -0.305. The maximum absolute atomic E-state index is 11.1. The Labute approximate surface area is 150 Å². The molecule has 1 heterocycles. The van der Waals surface area contributed by atoms with Gasteiger partial charge in [-0.05, 0) is 48.4 Å². The Morgan fingerprint density at radius 2 is 1.92 bits per heavy atom. The Morgan fingerprint density at radius 1 is 1.16 bits per heavy atom. The number of hydrogen-bond donors (Lipinski definition) is 0. The van der Waals surface area contributed by atoms with Gasteiger partial charge in [-0.3, -0.25) is 4.79 Å². The lowest BCUT2D eigenvalue weighted by molar-refractivity contribution is -0.131. The van der Waals surface area contributed by atoms with Crippen molar-refractivity contribution in [3.8, 4) is 11.5 Å². The maximum Gasteiger partial charge on any atom is 0.308 e. The molecule has 2 aromatic rings. The Morgan fingerprint density at radius 3 is 2.68 bits per heavy atom. The van der Waals surface area contributed by atoms with Gasteiger partial charge < -0.3 is 9.47 Å². The van der Waals surface area contributed by atoms with Crippen LogP contribution in [0.1, 0.15) is 20.3 Å². The van der Waals surface area contributed by atoms with Crippen molar-refractivity contribution in [2.45, 2.75) is 30.1 Å². The molecular weight excluding hydrogens is 332 g/mol. The summed E-state index contributed by atoms with van der Waals surface area (Å²) < 4.78 is 11.4. The summed E-state index contributed by atoms with van der Waals surface area (Å²) in [4.78, 5) is 14.8. The number of para-hydroxylation sites is 1. The smallest absolute Gasteiger partial charge is 0.308 e. The van der Waals surface area contributed by atoms with Gasteiger partial charge in [0.25, 0.3) is 0 Å². The SMILES string of the molecule is CC(=O)Oc1ccc([S+]2C3=C(CC(C)C=C3)Oc3ccccc32)cc1. The van der Waals surface area contributed by atoms with Crippen LogP contribution in [0.15, 0.2) is 81.1 Å². The van der Waals surface area contributed by atoms with E-state index in [4.69, 9.17) is 9.47 Å². The van der Waals surface area contributed by atoms with Crippen molar-refractivity contribution in [3.05, 3.63) is 71.3 Å². The summed E-state index contributed by atoms with van der Waals surface area (Å²) in [5, 5.41) is 0. The van der Waals surface area contributed by atoms with Crippen LogP contribution in [0.4, 0.5) is 0 Å². The van der Waals surface area contributed by atoms with Crippen LogP contribution in [-0.4, -0.2) is 5.97 Å². The Balaban J connectivity index is 1.78. The Kier molecular flexibility index (Phi) is 4.14. The topological polar surface area (TPSA) is 35.5 Å². The largest absolute Gasteiger partial charge is 0.451 e. The van der Waals surface area contributed by atoms with E-state index in [0.29, 0.717) is 11.7 Å². The van der Waals surface area contributed by atoms with Crippen LogP contribution < -0.4 is 9.47 Å². The molecule has 0 N–H and O–H groups in total. The van der Waals surface area contributed by atoms with Crippen LogP contribution in [0.5, 0.6) is 11.5 Å². The summed E-state index contributed by atoms with van der Waals surface area (Å²) in [7, 11) is -0.208. The van der Waals surface area contributed by atoms with E-state index in [1.54, 1.807) is 0 Å². The molecule has 4 heteroatoms. The van der Waals surface area contributed by atoms with Crippen LogP contribution in [0.2, 0.25) is 0 Å². The van der Waals surface area contributed by atoms with Gasteiger partial charge in [-0.25, -0.2) is 0 Å². The number of carbonyl (C=O) groups is 1. The third-order valence-electron chi connectivity index (χ3n) is 4.20. The third-order valence-corrected chi connectivity index (χ3v) is 6.53. The Bertz CT molecular complexity index is 880. The van der Waals surface area contributed by atoms with Crippen molar-refractivity contribution in [1.82, 2.24) is 0 Å². The lowest BCUT2D eigenvalue weighted by Crippen LogP contribution is -2.20. The van der Waals surface area contributed by atoms with Gasteiger partial charge in [0.1, 0.15) is 16.6 Å². The number of fused-ring (bicyclic) bond motifs is 1. The number of rotatable bonds is 2. The molecule has 0 saturated heterocycles. The maximum atomic E-state index is 11.1. The zero-order chi connectivity index (χ0) is 17.4. The number of carbonyl (C=O) groups excluding carboxylic acids is 1. The van der Waals surface area contributed by atoms with E-state index in [1.165, 1.54) is 21.6 Å². The zero-order valence-corrected chi connectivity index (χ0v) is 15.0. The first-order valence-electron chi connectivity index (χ1n) is 8.33. The van der Waals surface area contributed by atoms with Crippen LogP contribution in [-0.2, 0) is 15.7 Å². The van der Waals surface area contributed by atoms with E-state index < -0.39 is 0 Å². The van der Waals surface area contributed by atoms with E-state index >= 15 is 0 Å². The van der Waals surface area contributed by atoms with E-state index in [2.05, 4.69) is 31.2 Å². The molecule has 2 unspecified atom stereocenters. The lowest BCUT2D eigenvalue weighted by Gasteiger charge is -2.25. The van der Waals surface area contributed by atoms with E-state index in [0.717, 1.165) is 17.9 Å². The van der Waals surface area contributed by atoms with Crippen LogP contribution in [0, 0.1) is 5.92 Å². The fourth-order valence-electron chi connectivity index (χ4n) is 3.10. The van der Waals surface area contributed by atoms with Gasteiger partial charge in [0, 0.05) is 13.3 Å². The van der Waals surface area contributed by atoms with Gasteiger partial charge >= 0.3 is 5.97 Å². The summed E-state index contributed by atoms with van der Waals surface area (Å²) >= 11 is 0. The molecule has 2 aliphatic rings. The van der Waals surface area contributed by atoms with E-state index in [9.17, 15) is 4.79 Å². The van der Waals surface area contributed by atoms with Crippen molar-refractivity contribution in [3.63, 3.8) is 0 Å². The highest BCUT2D eigenvalue weighted by atomic mass is 32.2. The lowest BCUT2D eigenvalue weighted by atomic mass is 10.0. The normalized spacial score (nSPS) is 21.2. The highest BCUT2D eigenvalue weighted by Crippen LogP contribution is 2.45. The summed E-state index contributed by atoms with van der Waals surface area (Å²) in [5.74, 6) is 2.77. The standard InChI is InChI=1S/C21H19O3S/c1-14-7-12-21-19(13-14)24-18-5-3-4-6-20(18)25(21)17-10-8-16(9-11-17)23-15(2)22/h3-12,14H,13H2,1-2H3/q+1. The molecule has 2 aromatic carbocycles.